The van der Waals surface area contributed by atoms with Crippen molar-refractivity contribution in [3.8, 4) is 0 Å². The molecule has 82 valence electrons. The van der Waals surface area contributed by atoms with E-state index in [0.29, 0.717) is 6.04 Å². The molecule has 1 nitrogen and oxygen atoms in total. The van der Waals surface area contributed by atoms with Gasteiger partial charge in [0.15, 0.2) is 0 Å². The van der Waals surface area contributed by atoms with Crippen molar-refractivity contribution in [2.75, 3.05) is 13.1 Å². The zero-order chi connectivity index (χ0) is 10.8. The second-order valence-corrected chi connectivity index (χ2v) is 5.37. The van der Waals surface area contributed by atoms with Crippen LogP contribution in [0.4, 0.5) is 0 Å². The van der Waals surface area contributed by atoms with E-state index in [-0.39, 0.29) is 0 Å². The number of rotatable bonds is 3. The van der Waals surface area contributed by atoms with Gasteiger partial charge in [0.05, 0.1) is 0 Å². The lowest BCUT2D eigenvalue weighted by molar-refractivity contribution is 0.0577. The molecule has 1 fully saturated rings. The average molecular weight is 268 g/mol. The van der Waals surface area contributed by atoms with Crippen LogP contribution in [0.1, 0.15) is 31.9 Å². The SMILES string of the molecule is CCC1CN(C(C)c2ccc(Br)cc2)C1. The molecule has 2 rings (SSSR count). The third kappa shape index (κ3) is 2.43. The molecule has 0 spiro atoms. The van der Waals surface area contributed by atoms with E-state index in [1.807, 2.05) is 0 Å². The molecular weight excluding hydrogens is 250 g/mol. The van der Waals surface area contributed by atoms with Crippen LogP contribution in [0, 0.1) is 5.92 Å². The topological polar surface area (TPSA) is 3.24 Å². The van der Waals surface area contributed by atoms with Crippen LogP contribution in [0.15, 0.2) is 28.7 Å². The van der Waals surface area contributed by atoms with Crippen LogP contribution in [0.25, 0.3) is 0 Å². The summed E-state index contributed by atoms with van der Waals surface area (Å²) in [6.45, 7) is 7.13. The number of likely N-dealkylation sites (tertiary alicyclic amines) is 1. The molecule has 1 saturated heterocycles. The average Bonchev–Trinajstić information content (AvgIpc) is 2.17. The largest absolute Gasteiger partial charge is 0.296 e. The number of halogens is 1. The molecule has 0 saturated carbocycles. The van der Waals surface area contributed by atoms with Gasteiger partial charge in [0.2, 0.25) is 0 Å². The Kier molecular flexibility index (Phi) is 3.47. The third-order valence-corrected chi connectivity index (χ3v) is 3.99. The first kappa shape index (κ1) is 11.2. The summed E-state index contributed by atoms with van der Waals surface area (Å²) in [7, 11) is 0. The molecule has 1 aliphatic heterocycles. The monoisotopic (exact) mass is 267 g/mol. The second kappa shape index (κ2) is 4.67. The molecule has 15 heavy (non-hydrogen) atoms. The molecule has 0 radical (unpaired) electrons. The van der Waals surface area contributed by atoms with Gasteiger partial charge in [-0.1, -0.05) is 41.4 Å². The van der Waals surface area contributed by atoms with Gasteiger partial charge in [-0.05, 0) is 30.5 Å². The van der Waals surface area contributed by atoms with E-state index in [2.05, 4.69) is 58.9 Å². The summed E-state index contributed by atoms with van der Waals surface area (Å²) < 4.78 is 1.16. The molecule has 1 aromatic carbocycles. The molecule has 0 bridgehead atoms. The Morgan fingerprint density at radius 1 is 1.33 bits per heavy atom. The maximum atomic E-state index is 3.47. The fraction of sp³-hybridized carbons (Fsp3) is 0.538. The van der Waals surface area contributed by atoms with Gasteiger partial charge in [-0.25, -0.2) is 0 Å². The van der Waals surface area contributed by atoms with Gasteiger partial charge in [-0.2, -0.15) is 0 Å². The molecule has 1 unspecified atom stereocenters. The zero-order valence-corrected chi connectivity index (χ0v) is 11.0. The lowest BCUT2D eigenvalue weighted by atomic mass is 9.93. The fourth-order valence-electron chi connectivity index (χ4n) is 2.14. The van der Waals surface area contributed by atoms with Crippen LogP contribution >= 0.6 is 15.9 Å². The highest BCUT2D eigenvalue weighted by Crippen LogP contribution is 2.30. The van der Waals surface area contributed by atoms with E-state index < -0.39 is 0 Å². The van der Waals surface area contributed by atoms with Crippen LogP contribution in [-0.4, -0.2) is 18.0 Å². The lowest BCUT2D eigenvalue weighted by Crippen LogP contribution is -2.47. The highest BCUT2D eigenvalue weighted by molar-refractivity contribution is 9.10. The van der Waals surface area contributed by atoms with Gasteiger partial charge in [0, 0.05) is 23.6 Å². The second-order valence-electron chi connectivity index (χ2n) is 4.46. The van der Waals surface area contributed by atoms with Crippen molar-refractivity contribution >= 4 is 15.9 Å². The van der Waals surface area contributed by atoms with Crippen molar-refractivity contribution in [3.05, 3.63) is 34.3 Å². The molecule has 2 heteroatoms. The van der Waals surface area contributed by atoms with Gasteiger partial charge >= 0.3 is 0 Å². The molecule has 1 aliphatic rings. The molecule has 1 aromatic rings. The van der Waals surface area contributed by atoms with E-state index >= 15 is 0 Å². The molecule has 0 aromatic heterocycles. The number of hydrogen-bond donors (Lipinski definition) is 0. The summed E-state index contributed by atoms with van der Waals surface area (Å²) >= 11 is 3.47. The van der Waals surface area contributed by atoms with Crippen LogP contribution in [0.3, 0.4) is 0 Å². The number of hydrogen-bond acceptors (Lipinski definition) is 1. The van der Waals surface area contributed by atoms with Crippen LogP contribution in [0.5, 0.6) is 0 Å². The van der Waals surface area contributed by atoms with Gasteiger partial charge in [-0.15, -0.1) is 0 Å². The van der Waals surface area contributed by atoms with Crippen molar-refractivity contribution in [2.24, 2.45) is 5.92 Å². The summed E-state index contributed by atoms with van der Waals surface area (Å²) in [4.78, 5) is 2.55. The van der Waals surface area contributed by atoms with Gasteiger partial charge in [0.25, 0.3) is 0 Å². The van der Waals surface area contributed by atoms with Crippen molar-refractivity contribution in [2.45, 2.75) is 26.3 Å². The highest BCUT2D eigenvalue weighted by Gasteiger charge is 2.29. The van der Waals surface area contributed by atoms with Crippen LogP contribution in [0.2, 0.25) is 0 Å². The number of nitrogens with zero attached hydrogens (tertiary/aromatic N) is 1. The first-order valence-corrected chi connectivity index (χ1v) is 6.49. The Bertz CT molecular complexity index is 314. The van der Waals surface area contributed by atoms with Crippen molar-refractivity contribution < 1.29 is 0 Å². The summed E-state index contributed by atoms with van der Waals surface area (Å²) in [5, 5.41) is 0. The Hall–Kier alpha value is -0.340. The summed E-state index contributed by atoms with van der Waals surface area (Å²) in [6, 6.07) is 9.26. The minimum absolute atomic E-state index is 0.570. The van der Waals surface area contributed by atoms with E-state index in [4.69, 9.17) is 0 Å². The Balaban J connectivity index is 1.97. The zero-order valence-electron chi connectivity index (χ0n) is 9.41. The normalized spacial score (nSPS) is 19.9. The smallest absolute Gasteiger partial charge is 0.0320 e. The predicted octanol–water partition coefficient (Wildman–Crippen LogP) is 3.85. The first-order chi connectivity index (χ1) is 7.20. The summed E-state index contributed by atoms with van der Waals surface area (Å²) in [5.41, 5.74) is 1.42. The van der Waals surface area contributed by atoms with Gasteiger partial charge in [-0.3, -0.25) is 4.90 Å². The first-order valence-electron chi connectivity index (χ1n) is 5.70. The van der Waals surface area contributed by atoms with E-state index in [9.17, 15) is 0 Å². The molecule has 0 aliphatic carbocycles. The standard InChI is InChI=1S/C13H18BrN/c1-3-11-8-15(9-11)10(2)12-4-6-13(14)7-5-12/h4-7,10-11H,3,8-9H2,1-2H3. The molecule has 1 heterocycles. The van der Waals surface area contributed by atoms with E-state index in [1.54, 1.807) is 0 Å². The third-order valence-electron chi connectivity index (χ3n) is 3.46. The molecule has 0 amide bonds. The molecule has 0 N–H and O–H groups in total. The fourth-order valence-corrected chi connectivity index (χ4v) is 2.40. The van der Waals surface area contributed by atoms with E-state index in [1.165, 1.54) is 25.1 Å². The maximum absolute atomic E-state index is 3.47. The van der Waals surface area contributed by atoms with Crippen molar-refractivity contribution in [1.29, 1.82) is 0 Å². The van der Waals surface area contributed by atoms with E-state index in [0.717, 1.165) is 10.4 Å². The van der Waals surface area contributed by atoms with Gasteiger partial charge in [0.1, 0.15) is 0 Å². The predicted molar refractivity (Wildman–Crippen MR) is 67.9 cm³/mol. The quantitative estimate of drug-likeness (QED) is 0.804. The Labute approximate surface area is 101 Å². The lowest BCUT2D eigenvalue weighted by Gasteiger charge is -2.43. The van der Waals surface area contributed by atoms with Crippen LogP contribution in [-0.2, 0) is 0 Å². The Morgan fingerprint density at radius 3 is 2.47 bits per heavy atom. The molecular formula is C13H18BrN. The Morgan fingerprint density at radius 2 is 1.93 bits per heavy atom. The minimum atomic E-state index is 0.570. The van der Waals surface area contributed by atoms with Gasteiger partial charge < -0.3 is 0 Å². The summed E-state index contributed by atoms with van der Waals surface area (Å²) in [6.07, 6.45) is 1.32. The minimum Gasteiger partial charge on any atom is -0.296 e. The maximum Gasteiger partial charge on any atom is 0.0320 e. The molecule has 1 atom stereocenters. The number of benzene rings is 1. The van der Waals surface area contributed by atoms with Crippen LogP contribution < -0.4 is 0 Å². The van der Waals surface area contributed by atoms with Crippen molar-refractivity contribution in [1.82, 2.24) is 4.90 Å². The highest BCUT2D eigenvalue weighted by atomic mass is 79.9. The summed E-state index contributed by atoms with van der Waals surface area (Å²) in [5.74, 6) is 0.933. The van der Waals surface area contributed by atoms with Crippen molar-refractivity contribution in [3.63, 3.8) is 0 Å².